The summed E-state index contributed by atoms with van der Waals surface area (Å²) < 4.78 is 0. The van der Waals surface area contributed by atoms with Crippen molar-refractivity contribution in [1.29, 1.82) is 0 Å². The van der Waals surface area contributed by atoms with Crippen LogP contribution >= 0.6 is 0 Å². The molecule has 34 heavy (non-hydrogen) atoms. The van der Waals surface area contributed by atoms with Crippen LogP contribution in [0.4, 0.5) is 5.69 Å². The topological polar surface area (TPSA) is 46.9 Å². The van der Waals surface area contributed by atoms with Gasteiger partial charge in [-0.25, -0.2) is 0 Å². The molecular formula is C30H38N2O2. The first-order valence-corrected chi connectivity index (χ1v) is 12.6. The Kier molecular flexibility index (Phi) is 8.25. The van der Waals surface area contributed by atoms with Gasteiger partial charge in [-0.2, -0.15) is 0 Å². The maximum atomic E-state index is 9.90. The molecule has 180 valence electrons. The van der Waals surface area contributed by atoms with Gasteiger partial charge < -0.3 is 15.1 Å². The summed E-state index contributed by atoms with van der Waals surface area (Å²) in [6.07, 6.45) is 1.65. The van der Waals surface area contributed by atoms with Crippen molar-refractivity contribution in [2.24, 2.45) is 0 Å². The molecule has 0 saturated carbocycles. The van der Waals surface area contributed by atoms with Gasteiger partial charge in [0.15, 0.2) is 0 Å². The summed E-state index contributed by atoms with van der Waals surface area (Å²) in [6, 6.07) is 27.9. The van der Waals surface area contributed by atoms with Crippen LogP contribution in [-0.2, 0) is 0 Å². The molecule has 0 aliphatic carbocycles. The van der Waals surface area contributed by atoms with Crippen molar-refractivity contribution in [2.75, 3.05) is 37.7 Å². The number of nitrogens with zero attached hydrogens (tertiary/aromatic N) is 2. The fourth-order valence-electron chi connectivity index (χ4n) is 5.26. The third-order valence-electron chi connectivity index (χ3n) is 7.22. The minimum Gasteiger partial charge on any atom is -0.508 e. The summed E-state index contributed by atoms with van der Waals surface area (Å²) in [5.74, 6) is 0.657. The van der Waals surface area contributed by atoms with Gasteiger partial charge in [0.05, 0.1) is 0 Å². The fourth-order valence-corrected chi connectivity index (χ4v) is 5.26. The van der Waals surface area contributed by atoms with E-state index in [1.165, 1.54) is 22.4 Å². The third-order valence-corrected chi connectivity index (χ3v) is 7.22. The predicted octanol–water partition coefficient (Wildman–Crippen LogP) is 5.61. The normalized spacial score (nSPS) is 16.5. The second-order valence-corrected chi connectivity index (χ2v) is 9.66. The first kappa shape index (κ1) is 24.3. The summed E-state index contributed by atoms with van der Waals surface area (Å²) in [6.45, 7) is 9.05. The molecule has 0 amide bonds. The van der Waals surface area contributed by atoms with Crippen LogP contribution < -0.4 is 4.90 Å². The van der Waals surface area contributed by atoms with Gasteiger partial charge >= 0.3 is 0 Å². The number of aliphatic hydroxyl groups excluding tert-OH is 1. The van der Waals surface area contributed by atoms with Crippen molar-refractivity contribution >= 4 is 5.69 Å². The Morgan fingerprint density at radius 1 is 0.735 bits per heavy atom. The molecule has 1 saturated heterocycles. The molecule has 0 unspecified atom stereocenters. The van der Waals surface area contributed by atoms with Gasteiger partial charge in [0.2, 0.25) is 0 Å². The van der Waals surface area contributed by atoms with Crippen LogP contribution in [0.1, 0.15) is 55.2 Å². The van der Waals surface area contributed by atoms with E-state index in [4.69, 9.17) is 0 Å². The minimum atomic E-state index is 0.140. The summed E-state index contributed by atoms with van der Waals surface area (Å²) in [7, 11) is 0. The van der Waals surface area contributed by atoms with Crippen molar-refractivity contribution in [3.63, 3.8) is 0 Å². The van der Waals surface area contributed by atoms with Gasteiger partial charge in [-0.15, -0.1) is 0 Å². The Hall–Kier alpha value is -2.82. The van der Waals surface area contributed by atoms with Crippen molar-refractivity contribution in [3.05, 3.63) is 95.6 Å². The van der Waals surface area contributed by atoms with E-state index < -0.39 is 0 Å². The average Bonchev–Trinajstić information content (AvgIpc) is 2.88. The summed E-state index contributed by atoms with van der Waals surface area (Å²) in [5.41, 5.74) is 5.01. The fraction of sp³-hybridized carbons (Fsp3) is 0.400. The van der Waals surface area contributed by atoms with E-state index >= 15 is 0 Å². The molecule has 0 aromatic heterocycles. The van der Waals surface area contributed by atoms with Gasteiger partial charge in [-0.3, -0.25) is 4.90 Å². The summed E-state index contributed by atoms with van der Waals surface area (Å²) in [5, 5.41) is 19.5. The van der Waals surface area contributed by atoms with Crippen LogP contribution in [0.2, 0.25) is 0 Å². The average molecular weight is 459 g/mol. The van der Waals surface area contributed by atoms with E-state index in [1.54, 1.807) is 12.1 Å². The highest BCUT2D eigenvalue weighted by molar-refractivity contribution is 5.50. The number of anilines is 1. The zero-order valence-corrected chi connectivity index (χ0v) is 20.5. The lowest BCUT2D eigenvalue weighted by Gasteiger charge is -2.38. The Bertz CT molecular complexity index is 994. The van der Waals surface area contributed by atoms with E-state index in [2.05, 4.69) is 78.2 Å². The van der Waals surface area contributed by atoms with Crippen molar-refractivity contribution in [2.45, 2.75) is 44.6 Å². The number of aliphatic hydroxyl groups is 1. The molecule has 0 bridgehead atoms. The van der Waals surface area contributed by atoms with E-state index in [9.17, 15) is 10.2 Å². The molecule has 4 rings (SSSR count). The molecule has 2 atom stereocenters. The SMILES string of the molecule is CC(C)N1CCN(c2ccc([C@@H](c3ccc(O)cc3)[C@H](CCCO)c3ccccc3)cc2)CC1. The third kappa shape index (κ3) is 5.81. The predicted molar refractivity (Wildman–Crippen MR) is 141 cm³/mol. The lowest BCUT2D eigenvalue weighted by Crippen LogP contribution is -2.48. The number of rotatable bonds is 9. The number of piperazine rings is 1. The number of hydrogen-bond acceptors (Lipinski definition) is 4. The molecular weight excluding hydrogens is 420 g/mol. The molecule has 4 nitrogen and oxygen atoms in total. The Morgan fingerprint density at radius 3 is 1.88 bits per heavy atom. The first-order valence-electron chi connectivity index (χ1n) is 12.6. The van der Waals surface area contributed by atoms with Crippen LogP contribution in [0.15, 0.2) is 78.9 Å². The molecule has 2 N–H and O–H groups in total. The van der Waals surface area contributed by atoms with E-state index in [0.717, 1.165) is 39.0 Å². The Morgan fingerprint density at radius 2 is 1.32 bits per heavy atom. The molecule has 0 radical (unpaired) electrons. The van der Waals surface area contributed by atoms with Crippen LogP contribution in [0.3, 0.4) is 0 Å². The zero-order valence-electron chi connectivity index (χ0n) is 20.5. The van der Waals surface area contributed by atoms with Gasteiger partial charge in [0, 0.05) is 50.4 Å². The number of hydrogen-bond donors (Lipinski definition) is 2. The van der Waals surface area contributed by atoms with Crippen LogP contribution in [0.25, 0.3) is 0 Å². The standard InChI is InChI=1S/C30H38N2O2/c1-23(2)31-18-20-32(21-19-31)27-14-10-25(11-15-27)30(26-12-16-28(34)17-13-26)29(9-6-22-33)24-7-4-3-5-8-24/h3-5,7-8,10-17,23,29-30,33-34H,6,9,18-22H2,1-2H3/t29-,30+/m1/s1. The summed E-state index contributed by atoms with van der Waals surface area (Å²) >= 11 is 0. The second kappa shape index (κ2) is 11.5. The Balaban J connectivity index is 1.64. The second-order valence-electron chi connectivity index (χ2n) is 9.66. The van der Waals surface area contributed by atoms with Gasteiger partial charge in [-0.05, 0) is 73.6 Å². The minimum absolute atomic E-state index is 0.140. The smallest absolute Gasteiger partial charge is 0.115 e. The van der Waals surface area contributed by atoms with Crippen LogP contribution in [-0.4, -0.2) is 53.9 Å². The maximum Gasteiger partial charge on any atom is 0.115 e. The highest BCUT2D eigenvalue weighted by atomic mass is 16.3. The van der Waals surface area contributed by atoms with Gasteiger partial charge in [-0.1, -0.05) is 54.6 Å². The van der Waals surface area contributed by atoms with Crippen molar-refractivity contribution in [1.82, 2.24) is 4.90 Å². The number of phenols is 1. The van der Waals surface area contributed by atoms with Gasteiger partial charge in [0.1, 0.15) is 5.75 Å². The maximum absolute atomic E-state index is 9.90. The van der Waals surface area contributed by atoms with Crippen LogP contribution in [0.5, 0.6) is 5.75 Å². The highest BCUT2D eigenvalue weighted by Gasteiger charge is 2.27. The Labute approximate surface area is 204 Å². The van der Waals surface area contributed by atoms with Crippen molar-refractivity contribution in [3.8, 4) is 5.75 Å². The molecule has 3 aromatic carbocycles. The number of benzene rings is 3. The van der Waals surface area contributed by atoms with Crippen LogP contribution in [0, 0.1) is 0 Å². The van der Waals surface area contributed by atoms with E-state index in [-0.39, 0.29) is 24.2 Å². The largest absolute Gasteiger partial charge is 0.508 e. The van der Waals surface area contributed by atoms with E-state index in [1.807, 2.05) is 12.1 Å². The molecule has 1 aliphatic rings. The monoisotopic (exact) mass is 458 g/mol. The lowest BCUT2D eigenvalue weighted by atomic mass is 9.75. The number of phenolic OH excluding ortho intramolecular Hbond substituents is 1. The molecule has 4 heteroatoms. The van der Waals surface area contributed by atoms with Crippen molar-refractivity contribution < 1.29 is 10.2 Å². The number of aromatic hydroxyl groups is 1. The quantitative estimate of drug-likeness (QED) is 0.437. The summed E-state index contributed by atoms with van der Waals surface area (Å²) in [4.78, 5) is 5.02. The van der Waals surface area contributed by atoms with Gasteiger partial charge in [0.25, 0.3) is 0 Å². The molecule has 1 heterocycles. The molecule has 3 aromatic rings. The lowest BCUT2D eigenvalue weighted by molar-refractivity contribution is 0.209. The highest BCUT2D eigenvalue weighted by Crippen LogP contribution is 2.42. The molecule has 0 spiro atoms. The molecule has 1 fully saturated rings. The zero-order chi connectivity index (χ0) is 23.9. The first-order chi connectivity index (χ1) is 16.6. The molecule has 1 aliphatic heterocycles. The van der Waals surface area contributed by atoms with E-state index in [0.29, 0.717) is 6.04 Å².